The second kappa shape index (κ2) is 5.42. The Balaban J connectivity index is 2.13. The summed E-state index contributed by atoms with van der Waals surface area (Å²) in [5.41, 5.74) is 2.52. The molecule has 0 N–H and O–H groups in total. The molecule has 0 amide bonds. The molecule has 0 fully saturated rings. The molecule has 0 aliphatic heterocycles. The summed E-state index contributed by atoms with van der Waals surface area (Å²) in [6.45, 7) is 1.79. The molecule has 0 saturated carbocycles. The fourth-order valence-electron chi connectivity index (χ4n) is 2.11. The van der Waals surface area contributed by atoms with Crippen molar-refractivity contribution in [2.45, 2.75) is 6.92 Å². The van der Waals surface area contributed by atoms with E-state index in [0.29, 0.717) is 15.6 Å². The van der Waals surface area contributed by atoms with Crippen LogP contribution in [0.5, 0.6) is 0 Å². The van der Waals surface area contributed by atoms with Crippen LogP contribution in [0.25, 0.3) is 16.3 Å². The molecule has 2 heterocycles. The van der Waals surface area contributed by atoms with Gasteiger partial charge in [0.2, 0.25) is 0 Å². The van der Waals surface area contributed by atoms with E-state index in [2.05, 4.69) is 5.10 Å². The van der Waals surface area contributed by atoms with Gasteiger partial charge in [-0.3, -0.25) is 4.79 Å². The summed E-state index contributed by atoms with van der Waals surface area (Å²) >= 11 is 7.28. The maximum atomic E-state index is 13.2. The molecule has 0 aliphatic carbocycles. The van der Waals surface area contributed by atoms with Gasteiger partial charge in [0, 0.05) is 6.20 Å². The van der Waals surface area contributed by atoms with E-state index in [-0.39, 0.29) is 5.82 Å². The molecule has 2 aromatic heterocycles. The smallest absolute Gasteiger partial charge is 0.153 e. The first kappa shape index (κ1) is 14.0. The number of carbonyl (C=O) groups is 1. The van der Waals surface area contributed by atoms with Gasteiger partial charge in [-0.2, -0.15) is 5.10 Å². The van der Waals surface area contributed by atoms with Gasteiger partial charge in [0.05, 0.1) is 20.5 Å². The van der Waals surface area contributed by atoms with Crippen LogP contribution in [0.2, 0.25) is 4.34 Å². The third-order valence-corrected chi connectivity index (χ3v) is 4.32. The van der Waals surface area contributed by atoms with Crippen LogP contribution in [0.1, 0.15) is 15.9 Å². The molecule has 3 rings (SSSR count). The Morgan fingerprint density at radius 3 is 2.76 bits per heavy atom. The first-order chi connectivity index (χ1) is 10.1. The molecule has 1 aromatic carbocycles. The predicted octanol–water partition coefficient (Wildman–Crippen LogP) is 4.51. The normalized spacial score (nSPS) is 10.8. The van der Waals surface area contributed by atoms with Gasteiger partial charge >= 0.3 is 0 Å². The van der Waals surface area contributed by atoms with Crippen LogP contribution >= 0.6 is 22.9 Å². The first-order valence-corrected chi connectivity index (χ1v) is 7.35. The maximum Gasteiger partial charge on any atom is 0.153 e. The van der Waals surface area contributed by atoms with E-state index in [0.717, 1.165) is 22.4 Å². The van der Waals surface area contributed by atoms with Crippen LogP contribution in [0.15, 0.2) is 36.5 Å². The number of benzene rings is 1. The van der Waals surface area contributed by atoms with E-state index in [1.165, 1.54) is 23.5 Å². The molecule has 0 saturated heterocycles. The summed E-state index contributed by atoms with van der Waals surface area (Å²) in [7, 11) is 0. The molecule has 3 nitrogen and oxygen atoms in total. The summed E-state index contributed by atoms with van der Waals surface area (Å²) < 4.78 is 15.4. The molecule has 0 radical (unpaired) electrons. The van der Waals surface area contributed by atoms with Crippen LogP contribution < -0.4 is 0 Å². The topological polar surface area (TPSA) is 34.9 Å². The van der Waals surface area contributed by atoms with E-state index in [9.17, 15) is 9.18 Å². The van der Waals surface area contributed by atoms with E-state index in [1.807, 2.05) is 6.07 Å². The monoisotopic (exact) mass is 320 g/mol. The van der Waals surface area contributed by atoms with Crippen LogP contribution in [-0.4, -0.2) is 16.1 Å². The summed E-state index contributed by atoms with van der Waals surface area (Å²) in [4.78, 5) is 12.1. The van der Waals surface area contributed by atoms with E-state index >= 15 is 0 Å². The number of aromatic nitrogens is 2. The first-order valence-electron chi connectivity index (χ1n) is 6.15. The van der Waals surface area contributed by atoms with Gasteiger partial charge in [0.25, 0.3) is 0 Å². The van der Waals surface area contributed by atoms with E-state index in [1.54, 1.807) is 29.9 Å². The molecule has 0 spiro atoms. The van der Waals surface area contributed by atoms with Crippen LogP contribution in [0.3, 0.4) is 0 Å². The Morgan fingerprint density at radius 1 is 1.33 bits per heavy atom. The van der Waals surface area contributed by atoms with Crippen molar-refractivity contribution < 1.29 is 9.18 Å². The van der Waals surface area contributed by atoms with Gasteiger partial charge in [0.1, 0.15) is 11.5 Å². The van der Waals surface area contributed by atoms with E-state index < -0.39 is 0 Å². The maximum absolute atomic E-state index is 13.2. The van der Waals surface area contributed by atoms with Gasteiger partial charge in [-0.25, -0.2) is 9.07 Å². The molecule has 0 unspecified atom stereocenters. The number of aldehydes is 1. The van der Waals surface area contributed by atoms with Crippen molar-refractivity contribution in [3.63, 3.8) is 0 Å². The van der Waals surface area contributed by atoms with Crippen molar-refractivity contribution in [2.75, 3.05) is 0 Å². The average molecular weight is 321 g/mol. The third-order valence-electron chi connectivity index (χ3n) is 3.08. The summed E-state index contributed by atoms with van der Waals surface area (Å²) in [6, 6.07) is 8.02. The minimum atomic E-state index is -0.302. The summed E-state index contributed by atoms with van der Waals surface area (Å²) in [5.74, 6) is -0.302. The molecule has 21 heavy (non-hydrogen) atoms. The molecule has 106 valence electrons. The van der Waals surface area contributed by atoms with Crippen molar-refractivity contribution in [2.24, 2.45) is 0 Å². The number of halogens is 2. The molecule has 0 aliphatic rings. The Bertz CT molecular complexity index is 825. The fourth-order valence-corrected chi connectivity index (χ4v) is 3.16. The van der Waals surface area contributed by atoms with Gasteiger partial charge in [-0.1, -0.05) is 11.6 Å². The van der Waals surface area contributed by atoms with Crippen molar-refractivity contribution >= 4 is 29.2 Å². The fraction of sp³-hybridized carbons (Fsp3) is 0.0667. The zero-order valence-electron chi connectivity index (χ0n) is 11.0. The van der Waals surface area contributed by atoms with Crippen molar-refractivity contribution in [1.29, 1.82) is 0 Å². The zero-order chi connectivity index (χ0) is 15.0. The van der Waals surface area contributed by atoms with Gasteiger partial charge in [-0.05, 0) is 42.8 Å². The molecule has 3 aromatic rings. The highest BCUT2D eigenvalue weighted by atomic mass is 35.5. The molecular formula is C15H10ClFN2OS. The number of hydrogen-bond acceptors (Lipinski definition) is 3. The van der Waals surface area contributed by atoms with Crippen LogP contribution in [-0.2, 0) is 0 Å². The lowest BCUT2D eigenvalue weighted by Gasteiger charge is -2.05. The highest BCUT2D eigenvalue weighted by Gasteiger charge is 2.14. The van der Waals surface area contributed by atoms with Gasteiger partial charge in [-0.15, -0.1) is 11.3 Å². The lowest BCUT2D eigenvalue weighted by atomic mass is 10.2. The van der Waals surface area contributed by atoms with Crippen LogP contribution in [0.4, 0.5) is 4.39 Å². The molecule has 0 atom stereocenters. The average Bonchev–Trinajstić information content (AvgIpc) is 3.04. The number of hydrogen-bond donors (Lipinski definition) is 0. The second-order valence-corrected chi connectivity index (χ2v) is 6.25. The SMILES string of the molecule is Cc1cc(F)ccc1-n1cc(C=O)c(-c2ccc(Cl)s2)n1. The molecule has 6 heteroatoms. The zero-order valence-corrected chi connectivity index (χ0v) is 12.6. The summed E-state index contributed by atoms with van der Waals surface area (Å²) in [5, 5.41) is 4.44. The Hall–Kier alpha value is -1.98. The number of aryl methyl sites for hydroxylation is 1. The number of carbonyl (C=O) groups excluding carboxylic acids is 1. The lowest BCUT2D eigenvalue weighted by Crippen LogP contribution is -1.98. The van der Waals surface area contributed by atoms with Crippen molar-refractivity contribution in [1.82, 2.24) is 9.78 Å². The lowest BCUT2D eigenvalue weighted by molar-refractivity contribution is 0.112. The third kappa shape index (κ3) is 2.62. The second-order valence-electron chi connectivity index (χ2n) is 4.53. The summed E-state index contributed by atoms with van der Waals surface area (Å²) in [6.07, 6.45) is 2.39. The largest absolute Gasteiger partial charge is 0.298 e. The predicted molar refractivity (Wildman–Crippen MR) is 82.0 cm³/mol. The van der Waals surface area contributed by atoms with Crippen LogP contribution in [0, 0.1) is 12.7 Å². The van der Waals surface area contributed by atoms with Gasteiger partial charge < -0.3 is 0 Å². The number of thiophene rings is 1. The van der Waals surface area contributed by atoms with Gasteiger partial charge in [0.15, 0.2) is 6.29 Å². The number of rotatable bonds is 3. The Morgan fingerprint density at radius 2 is 2.14 bits per heavy atom. The standard InChI is InChI=1S/C15H10ClFN2OS/c1-9-6-11(17)2-3-12(9)19-7-10(8-20)15(18-19)13-4-5-14(16)21-13/h2-8H,1H3. The molecule has 0 bridgehead atoms. The highest BCUT2D eigenvalue weighted by Crippen LogP contribution is 2.32. The molecular weight excluding hydrogens is 311 g/mol. The number of nitrogens with zero attached hydrogens (tertiary/aromatic N) is 2. The Kier molecular flexibility index (Phi) is 3.61. The Labute approximate surface area is 129 Å². The minimum Gasteiger partial charge on any atom is -0.298 e. The highest BCUT2D eigenvalue weighted by molar-refractivity contribution is 7.19. The van der Waals surface area contributed by atoms with Crippen molar-refractivity contribution in [3.8, 4) is 16.3 Å². The quantitative estimate of drug-likeness (QED) is 0.665. The van der Waals surface area contributed by atoms with E-state index in [4.69, 9.17) is 11.6 Å². The van der Waals surface area contributed by atoms with Crippen molar-refractivity contribution in [3.05, 3.63) is 57.8 Å². The minimum absolute atomic E-state index is 0.302.